The van der Waals surface area contributed by atoms with Gasteiger partial charge >= 0.3 is 0 Å². The first-order valence-electron chi connectivity index (χ1n) is 2.09. The van der Waals surface area contributed by atoms with Gasteiger partial charge in [-0.3, -0.25) is 0 Å². The van der Waals surface area contributed by atoms with Crippen LogP contribution < -0.4 is 11.0 Å². The Morgan fingerprint density at radius 3 is 2.71 bits per heavy atom. The van der Waals surface area contributed by atoms with E-state index < -0.39 is 0 Å². The van der Waals surface area contributed by atoms with Crippen molar-refractivity contribution in [3.8, 4) is 0 Å². The second-order valence-corrected chi connectivity index (χ2v) is 1.46. The lowest BCUT2D eigenvalue weighted by Crippen LogP contribution is -2.29. The van der Waals surface area contributed by atoms with Gasteiger partial charge in [0.15, 0.2) is 0 Å². The van der Waals surface area contributed by atoms with Crippen molar-refractivity contribution >= 4 is 11.6 Å². The van der Waals surface area contributed by atoms with Crippen LogP contribution >= 0.6 is 11.6 Å². The Balaban J connectivity index is 2.45. The van der Waals surface area contributed by atoms with E-state index in [0.29, 0.717) is 12.4 Å². The number of halogens is 1. The minimum atomic E-state index is 0.620. The van der Waals surface area contributed by atoms with Crippen LogP contribution in [-0.4, -0.2) is 17.6 Å². The zero-order valence-electron chi connectivity index (χ0n) is 3.95. The highest BCUT2D eigenvalue weighted by molar-refractivity contribution is 6.17. The molecule has 0 bridgehead atoms. The molecule has 0 radical (unpaired) electrons. The quantitative estimate of drug-likeness (QED) is 0.283. The molecular formula is C3H9ClN2O. The average Bonchev–Trinajstić information content (AvgIpc) is 1.69. The van der Waals surface area contributed by atoms with Gasteiger partial charge in [-0.05, 0) is 6.42 Å². The molecule has 0 saturated heterocycles. The van der Waals surface area contributed by atoms with Crippen LogP contribution in [0.2, 0.25) is 0 Å². The zero-order chi connectivity index (χ0) is 5.54. The Morgan fingerprint density at radius 2 is 2.29 bits per heavy atom. The normalized spacial score (nSPS) is 9.43. The van der Waals surface area contributed by atoms with Crippen molar-refractivity contribution in [3.63, 3.8) is 0 Å². The summed E-state index contributed by atoms with van der Waals surface area (Å²) in [6.07, 6.45) is 0.856. The summed E-state index contributed by atoms with van der Waals surface area (Å²) < 4.78 is 0. The van der Waals surface area contributed by atoms with E-state index >= 15 is 0 Å². The Labute approximate surface area is 47.6 Å². The van der Waals surface area contributed by atoms with Crippen LogP contribution in [0, 0.1) is 0 Å². The zero-order valence-corrected chi connectivity index (χ0v) is 4.70. The van der Waals surface area contributed by atoms with Gasteiger partial charge in [-0.15, -0.1) is 17.2 Å². The second kappa shape index (κ2) is 6.17. The molecule has 0 atom stereocenters. The molecule has 0 aromatic rings. The molecule has 0 aliphatic heterocycles. The van der Waals surface area contributed by atoms with Gasteiger partial charge in [0.25, 0.3) is 0 Å². The van der Waals surface area contributed by atoms with Gasteiger partial charge in [-0.25, -0.2) is 5.43 Å². The Hall–Kier alpha value is 0.170. The molecule has 0 unspecified atom stereocenters. The Bertz CT molecular complexity index is 32.1. The maximum absolute atomic E-state index is 7.89. The molecule has 44 valence electrons. The van der Waals surface area contributed by atoms with E-state index in [2.05, 4.69) is 5.43 Å². The standard InChI is InChI=1S/C3H9ClN2O/c4-2-1-3-5-6-7/h5-7H,1-3H2. The van der Waals surface area contributed by atoms with Gasteiger partial charge < -0.3 is 5.21 Å². The monoisotopic (exact) mass is 124 g/mol. The molecule has 0 aromatic carbocycles. The van der Waals surface area contributed by atoms with E-state index in [9.17, 15) is 0 Å². The average molecular weight is 125 g/mol. The first kappa shape index (κ1) is 7.17. The molecule has 0 fully saturated rings. The molecule has 0 aromatic heterocycles. The number of hydrogen-bond acceptors (Lipinski definition) is 3. The van der Waals surface area contributed by atoms with Crippen molar-refractivity contribution in [3.05, 3.63) is 0 Å². The lowest BCUT2D eigenvalue weighted by molar-refractivity contribution is 0.121. The molecule has 4 heteroatoms. The third kappa shape index (κ3) is 6.17. The topological polar surface area (TPSA) is 44.3 Å². The summed E-state index contributed by atoms with van der Waals surface area (Å²) in [5, 5.41) is 7.89. The molecule has 7 heavy (non-hydrogen) atoms. The van der Waals surface area contributed by atoms with E-state index in [4.69, 9.17) is 16.8 Å². The van der Waals surface area contributed by atoms with Gasteiger partial charge in [-0.1, -0.05) is 0 Å². The summed E-state index contributed by atoms with van der Waals surface area (Å²) in [6.45, 7) is 0.694. The minimum Gasteiger partial charge on any atom is -0.302 e. The Kier molecular flexibility index (Phi) is 6.32. The van der Waals surface area contributed by atoms with Crippen LogP contribution in [0.3, 0.4) is 0 Å². The highest BCUT2D eigenvalue weighted by Crippen LogP contribution is 1.78. The van der Waals surface area contributed by atoms with Crippen molar-refractivity contribution in [2.24, 2.45) is 0 Å². The SMILES string of the molecule is ONNCCCCl. The van der Waals surface area contributed by atoms with Crippen LogP contribution in [0.1, 0.15) is 6.42 Å². The third-order valence-electron chi connectivity index (χ3n) is 0.514. The van der Waals surface area contributed by atoms with Crippen LogP contribution in [0.5, 0.6) is 0 Å². The van der Waals surface area contributed by atoms with Gasteiger partial charge in [-0.2, -0.15) is 0 Å². The number of nitrogens with one attached hydrogen (secondary N) is 2. The molecule has 3 nitrogen and oxygen atoms in total. The summed E-state index contributed by atoms with van der Waals surface area (Å²) in [4.78, 5) is 0. The number of hydrogen-bond donors (Lipinski definition) is 3. The second-order valence-electron chi connectivity index (χ2n) is 1.08. The fourth-order valence-electron chi connectivity index (χ4n) is 0.211. The molecule has 0 amide bonds. The molecular weight excluding hydrogens is 115 g/mol. The predicted octanol–water partition coefficient (Wildman–Crippen LogP) is 0.0987. The summed E-state index contributed by atoms with van der Waals surface area (Å²) in [6, 6.07) is 0. The van der Waals surface area contributed by atoms with Crippen LogP contribution in [0.4, 0.5) is 0 Å². The van der Waals surface area contributed by atoms with Gasteiger partial charge in [0.1, 0.15) is 0 Å². The van der Waals surface area contributed by atoms with Crippen molar-refractivity contribution in [2.75, 3.05) is 12.4 Å². The van der Waals surface area contributed by atoms with Crippen molar-refractivity contribution < 1.29 is 5.21 Å². The van der Waals surface area contributed by atoms with Crippen molar-refractivity contribution in [2.45, 2.75) is 6.42 Å². The summed E-state index contributed by atoms with van der Waals surface area (Å²) >= 11 is 5.29. The van der Waals surface area contributed by atoms with Crippen LogP contribution in [0.15, 0.2) is 0 Å². The van der Waals surface area contributed by atoms with Gasteiger partial charge in [0.2, 0.25) is 0 Å². The van der Waals surface area contributed by atoms with Crippen molar-refractivity contribution in [1.82, 2.24) is 11.0 Å². The third-order valence-corrected chi connectivity index (χ3v) is 0.782. The summed E-state index contributed by atoms with van der Waals surface area (Å²) in [5.74, 6) is 0.620. The van der Waals surface area contributed by atoms with Gasteiger partial charge in [0, 0.05) is 12.4 Å². The molecule has 0 spiro atoms. The predicted molar refractivity (Wildman–Crippen MR) is 28.3 cm³/mol. The maximum atomic E-state index is 7.89. The fraction of sp³-hybridized carbons (Fsp3) is 1.00. The molecule has 0 aliphatic rings. The number of alkyl halides is 1. The van der Waals surface area contributed by atoms with Gasteiger partial charge in [0.05, 0.1) is 0 Å². The summed E-state index contributed by atoms with van der Waals surface area (Å²) in [5.41, 5.74) is 4.26. The van der Waals surface area contributed by atoms with Crippen molar-refractivity contribution in [1.29, 1.82) is 0 Å². The lowest BCUT2D eigenvalue weighted by atomic mass is 10.5. The molecule has 0 heterocycles. The van der Waals surface area contributed by atoms with E-state index in [0.717, 1.165) is 6.42 Å². The largest absolute Gasteiger partial charge is 0.302 e. The van der Waals surface area contributed by atoms with Crippen LogP contribution in [-0.2, 0) is 0 Å². The van der Waals surface area contributed by atoms with Crippen LogP contribution in [0.25, 0.3) is 0 Å². The highest BCUT2D eigenvalue weighted by atomic mass is 35.5. The van der Waals surface area contributed by atoms with E-state index in [-0.39, 0.29) is 0 Å². The van der Waals surface area contributed by atoms with E-state index in [1.54, 1.807) is 5.59 Å². The Morgan fingerprint density at radius 1 is 1.57 bits per heavy atom. The first-order valence-corrected chi connectivity index (χ1v) is 2.63. The minimum absolute atomic E-state index is 0.620. The smallest absolute Gasteiger partial charge is 0.0236 e. The molecule has 0 rings (SSSR count). The maximum Gasteiger partial charge on any atom is 0.0236 e. The molecule has 0 aliphatic carbocycles. The first-order chi connectivity index (χ1) is 3.41. The summed E-state index contributed by atoms with van der Waals surface area (Å²) in [7, 11) is 0. The number of rotatable bonds is 4. The fourth-order valence-corrected chi connectivity index (χ4v) is 0.345. The van der Waals surface area contributed by atoms with E-state index in [1.807, 2.05) is 0 Å². The highest BCUT2D eigenvalue weighted by Gasteiger charge is 1.78. The molecule has 3 N–H and O–H groups in total. The van der Waals surface area contributed by atoms with E-state index in [1.165, 1.54) is 0 Å². The molecule has 0 saturated carbocycles. The lowest BCUT2D eigenvalue weighted by Gasteiger charge is -1.95. The number of hydrazine groups is 1.